The van der Waals surface area contributed by atoms with Gasteiger partial charge in [0.25, 0.3) is 11.8 Å². The number of carbonyl (C=O) groups excluding carboxylic acids is 3. The van der Waals surface area contributed by atoms with Crippen LogP contribution in [0.2, 0.25) is 0 Å². The molecule has 0 unspecified atom stereocenters. The van der Waals surface area contributed by atoms with Crippen LogP contribution in [-0.4, -0.2) is 22.7 Å². The van der Waals surface area contributed by atoms with Gasteiger partial charge in [-0.2, -0.15) is 31.4 Å². The zero-order valence-electron chi connectivity index (χ0n) is 9.47. The van der Waals surface area contributed by atoms with Crippen molar-refractivity contribution in [3.8, 4) is 24.3 Å². The maximum Gasteiger partial charge on any atom is 0.354 e. The molecule has 0 saturated carbocycles. The second-order valence-electron chi connectivity index (χ2n) is 2.90. The van der Waals surface area contributed by atoms with Gasteiger partial charge in [0.2, 0.25) is 11.8 Å². The molecule has 0 heterocycles. The van der Waals surface area contributed by atoms with Crippen LogP contribution in [0.4, 0.5) is 4.79 Å². The van der Waals surface area contributed by atoms with Gasteiger partial charge < -0.3 is 0 Å². The quantitative estimate of drug-likeness (QED) is 0.502. The van der Waals surface area contributed by atoms with E-state index in [1.807, 2.05) is 5.29 Å². The fourth-order valence-corrected chi connectivity index (χ4v) is 0.935. The number of carbonyl (C=O) groups is 3. The molecule has 20 heavy (non-hydrogen) atoms. The number of nitrogens with zero attached hydrogens (tertiary/aromatic N) is 6. The van der Waals surface area contributed by atoms with Gasteiger partial charge in [-0.25, -0.2) is 4.79 Å². The largest absolute Gasteiger partial charge is 0.354 e. The van der Waals surface area contributed by atoms with Crippen molar-refractivity contribution in [2.75, 3.05) is 0 Å². The van der Waals surface area contributed by atoms with E-state index < -0.39 is 29.7 Å². The van der Waals surface area contributed by atoms with Crippen LogP contribution in [0.1, 0.15) is 0 Å². The number of hydrogen-bond donors (Lipinski definition) is 1. The molecule has 0 aromatic carbocycles. The summed E-state index contributed by atoms with van der Waals surface area (Å²) in [5.74, 6) is -7.27. The Kier molecular flexibility index (Phi) is 6.05. The van der Waals surface area contributed by atoms with Gasteiger partial charge in [0.15, 0.2) is 0 Å². The van der Waals surface area contributed by atoms with E-state index in [9.17, 15) is 19.3 Å². The van der Waals surface area contributed by atoms with Crippen molar-refractivity contribution >= 4 is 17.8 Å². The van der Waals surface area contributed by atoms with Crippen LogP contribution in [0.3, 0.4) is 0 Å². The smallest absolute Gasteiger partial charge is 0.271 e. The Balaban J connectivity index is 5.66. The number of amides is 4. The lowest BCUT2D eigenvalue weighted by Crippen LogP contribution is -2.50. The molecule has 98 valence electrons. The Morgan fingerprint density at radius 3 is 1.50 bits per heavy atom. The first-order valence-electron chi connectivity index (χ1n) is 4.57. The van der Waals surface area contributed by atoms with Crippen molar-refractivity contribution in [3.63, 3.8) is 0 Å². The summed E-state index contributed by atoms with van der Waals surface area (Å²) < 4.78 is 0. The number of nitriles is 4. The van der Waals surface area contributed by atoms with Gasteiger partial charge in [-0.15, -0.1) is 4.91 Å². The van der Waals surface area contributed by atoms with E-state index in [2.05, 4.69) is 0 Å². The Bertz CT molecular complexity index is 542. The number of imide groups is 3. The van der Waals surface area contributed by atoms with E-state index in [1.165, 1.54) is 29.7 Å². The standard InChI is InChI=1S/C9H3N7O4/c10-1-5(2-11)7(17)16(9(19)14-15-20)8(18)6(3-12)4-13/h5-6H,(H,14,19,20). The fourth-order valence-electron chi connectivity index (χ4n) is 0.935. The lowest BCUT2D eigenvalue weighted by Gasteiger charge is -2.17. The highest BCUT2D eigenvalue weighted by Gasteiger charge is 2.38. The normalized spacial score (nSPS) is 8.50. The molecule has 11 heteroatoms. The van der Waals surface area contributed by atoms with E-state index >= 15 is 0 Å². The lowest BCUT2D eigenvalue weighted by atomic mass is 10.1. The average molecular weight is 273 g/mol. The van der Waals surface area contributed by atoms with Crippen molar-refractivity contribution in [2.24, 2.45) is 17.1 Å². The average Bonchev–Trinajstić information content (AvgIpc) is 2.42. The van der Waals surface area contributed by atoms with Gasteiger partial charge in [-0.05, 0) is 0 Å². The van der Waals surface area contributed by atoms with E-state index in [0.717, 1.165) is 0 Å². The SMILES string of the molecule is N#CC(C#N)C(=O)N(C(=O)NN=O)C(=O)C(C#N)C#N. The molecule has 0 spiro atoms. The molecule has 0 aliphatic heterocycles. The molecule has 0 aromatic rings. The third kappa shape index (κ3) is 3.33. The van der Waals surface area contributed by atoms with E-state index in [4.69, 9.17) is 21.0 Å². The summed E-state index contributed by atoms with van der Waals surface area (Å²) in [4.78, 5) is 44.2. The van der Waals surface area contributed by atoms with Gasteiger partial charge in [-0.3, -0.25) is 9.59 Å². The van der Waals surface area contributed by atoms with Crippen molar-refractivity contribution < 1.29 is 14.4 Å². The fraction of sp³-hybridized carbons (Fsp3) is 0.222. The predicted octanol–water partition coefficient (Wildman–Crippen LogP) is -0.941. The van der Waals surface area contributed by atoms with E-state index in [-0.39, 0.29) is 4.90 Å². The summed E-state index contributed by atoms with van der Waals surface area (Å²) >= 11 is 0. The molecule has 0 aliphatic rings. The second-order valence-corrected chi connectivity index (χ2v) is 2.90. The summed E-state index contributed by atoms with van der Waals surface area (Å²) in [6.45, 7) is 0. The van der Waals surface area contributed by atoms with Crippen LogP contribution in [0, 0.1) is 62.1 Å². The first-order valence-corrected chi connectivity index (χ1v) is 4.57. The van der Waals surface area contributed by atoms with Crippen molar-refractivity contribution in [1.82, 2.24) is 10.3 Å². The van der Waals surface area contributed by atoms with Crippen LogP contribution in [0.25, 0.3) is 0 Å². The first kappa shape index (κ1) is 16.2. The van der Waals surface area contributed by atoms with Gasteiger partial charge in [0, 0.05) is 0 Å². The first-order chi connectivity index (χ1) is 9.48. The van der Waals surface area contributed by atoms with Crippen molar-refractivity contribution in [1.29, 1.82) is 21.0 Å². The molecule has 0 atom stereocenters. The number of nitrogens with one attached hydrogen (secondary N) is 1. The molecular formula is C9H3N7O4. The molecule has 0 bridgehead atoms. The Labute approximate surface area is 111 Å². The van der Waals surface area contributed by atoms with Crippen molar-refractivity contribution in [3.05, 3.63) is 4.91 Å². The maximum atomic E-state index is 11.6. The summed E-state index contributed by atoms with van der Waals surface area (Å²) in [6, 6.07) is 3.12. The topological polar surface area (TPSA) is 191 Å². The zero-order valence-corrected chi connectivity index (χ0v) is 9.47. The molecule has 0 rings (SSSR count). The van der Waals surface area contributed by atoms with E-state index in [1.54, 1.807) is 0 Å². The Morgan fingerprint density at radius 2 is 1.25 bits per heavy atom. The minimum atomic E-state index is -2.03. The summed E-state index contributed by atoms with van der Waals surface area (Å²) in [7, 11) is 0. The van der Waals surface area contributed by atoms with Gasteiger partial charge in [-0.1, -0.05) is 0 Å². The molecular weight excluding hydrogens is 270 g/mol. The van der Waals surface area contributed by atoms with Crippen LogP contribution in [0.5, 0.6) is 0 Å². The molecule has 0 radical (unpaired) electrons. The summed E-state index contributed by atoms with van der Waals surface area (Å²) in [6.07, 6.45) is 0. The van der Waals surface area contributed by atoms with Gasteiger partial charge in [0.05, 0.1) is 29.6 Å². The number of nitroso groups, excluding NO2 is 1. The van der Waals surface area contributed by atoms with Crippen LogP contribution in [-0.2, 0) is 9.59 Å². The highest BCUT2D eigenvalue weighted by Crippen LogP contribution is 2.08. The summed E-state index contributed by atoms with van der Waals surface area (Å²) in [5, 5.41) is 36.0. The number of urea groups is 1. The zero-order chi connectivity index (χ0) is 15.7. The minimum absolute atomic E-state index is 0.352. The Morgan fingerprint density at radius 1 is 0.900 bits per heavy atom. The predicted molar refractivity (Wildman–Crippen MR) is 55.6 cm³/mol. The van der Waals surface area contributed by atoms with Crippen LogP contribution < -0.4 is 5.43 Å². The Hall–Kier alpha value is -3.83. The summed E-state index contributed by atoms with van der Waals surface area (Å²) in [5.41, 5.74) is 1.19. The molecule has 4 amide bonds. The third-order valence-corrected chi connectivity index (χ3v) is 1.80. The monoisotopic (exact) mass is 273 g/mol. The highest BCUT2D eigenvalue weighted by molar-refractivity contribution is 6.13. The molecule has 0 aromatic heterocycles. The van der Waals surface area contributed by atoms with Crippen molar-refractivity contribution in [2.45, 2.75) is 0 Å². The van der Waals surface area contributed by atoms with E-state index in [0.29, 0.717) is 0 Å². The lowest BCUT2D eigenvalue weighted by molar-refractivity contribution is -0.142. The highest BCUT2D eigenvalue weighted by atomic mass is 16.3. The van der Waals surface area contributed by atoms with Gasteiger partial charge in [0.1, 0.15) is 0 Å². The van der Waals surface area contributed by atoms with Gasteiger partial charge >= 0.3 is 6.03 Å². The molecule has 0 aliphatic carbocycles. The third-order valence-electron chi connectivity index (χ3n) is 1.80. The molecule has 11 nitrogen and oxygen atoms in total. The molecule has 0 saturated heterocycles. The number of hydrogen-bond acceptors (Lipinski definition) is 9. The maximum absolute atomic E-state index is 11.6. The van der Waals surface area contributed by atoms with Crippen LogP contribution >= 0.6 is 0 Å². The second kappa shape index (κ2) is 7.49. The molecule has 1 N–H and O–H groups in total. The molecule has 0 fully saturated rings. The van der Waals surface area contributed by atoms with Crippen LogP contribution in [0.15, 0.2) is 5.29 Å². The minimum Gasteiger partial charge on any atom is -0.271 e. The number of rotatable bonds is 3.